The fraction of sp³-hybridized carbons (Fsp3) is 0.577. The summed E-state index contributed by atoms with van der Waals surface area (Å²) in [5.74, 6) is -0.383. The number of carbonyl (C=O) groups is 2. The van der Waals surface area contributed by atoms with Crippen LogP contribution in [0.15, 0.2) is 29.8 Å². The number of likely N-dealkylation sites (tertiary alicyclic amines) is 1. The Morgan fingerprint density at radius 1 is 1.18 bits per heavy atom. The summed E-state index contributed by atoms with van der Waals surface area (Å²) in [6.45, 7) is 14.1. The lowest BCUT2D eigenvalue weighted by Crippen LogP contribution is -2.57. The third kappa shape index (κ3) is 6.03. The number of aliphatic hydroxyl groups excluding tert-OH is 1. The zero-order valence-electron chi connectivity index (χ0n) is 21.3. The van der Waals surface area contributed by atoms with Gasteiger partial charge in [-0.25, -0.2) is 4.98 Å². The molecule has 4 atom stereocenters. The topological polar surface area (TPSA) is 94.6 Å². The molecule has 1 aliphatic rings. The molecule has 3 rings (SSSR count). The fourth-order valence-corrected chi connectivity index (χ4v) is 5.20. The van der Waals surface area contributed by atoms with Gasteiger partial charge in [0, 0.05) is 19.0 Å². The summed E-state index contributed by atoms with van der Waals surface area (Å²) in [5, 5.41) is 16.7. The predicted octanol–water partition coefficient (Wildman–Crippen LogP) is 3.67. The van der Waals surface area contributed by atoms with Gasteiger partial charge in [0.1, 0.15) is 6.04 Å². The van der Waals surface area contributed by atoms with E-state index >= 15 is 0 Å². The number of rotatable bonds is 7. The van der Waals surface area contributed by atoms with E-state index in [4.69, 9.17) is 0 Å². The first kappa shape index (κ1) is 26.3. The number of β-amino-alcohol motifs (C(OH)–C–C–N with tert-alkyl or cyclic N) is 1. The van der Waals surface area contributed by atoms with E-state index in [9.17, 15) is 14.7 Å². The molecule has 8 heteroatoms. The maximum Gasteiger partial charge on any atom is 0.243 e. The van der Waals surface area contributed by atoms with Gasteiger partial charge < -0.3 is 20.6 Å². The number of aromatic nitrogens is 1. The molecule has 0 saturated carbocycles. The van der Waals surface area contributed by atoms with E-state index in [-0.39, 0.29) is 42.3 Å². The number of nitrogens with zero attached hydrogens (tertiary/aromatic N) is 2. The van der Waals surface area contributed by atoms with Gasteiger partial charge in [0.2, 0.25) is 11.8 Å². The summed E-state index contributed by atoms with van der Waals surface area (Å²) in [5.41, 5.74) is 4.59. The average molecular weight is 487 g/mol. The van der Waals surface area contributed by atoms with Crippen LogP contribution in [0.4, 0.5) is 0 Å². The van der Waals surface area contributed by atoms with Crippen LogP contribution in [-0.4, -0.2) is 57.6 Å². The van der Waals surface area contributed by atoms with Crippen LogP contribution in [0.2, 0.25) is 0 Å². The van der Waals surface area contributed by atoms with Crippen molar-refractivity contribution in [1.29, 1.82) is 0 Å². The van der Waals surface area contributed by atoms with Crippen LogP contribution in [0, 0.1) is 12.3 Å². The number of aliphatic hydroxyl groups is 1. The smallest absolute Gasteiger partial charge is 0.243 e. The summed E-state index contributed by atoms with van der Waals surface area (Å²) in [7, 11) is 0. The highest BCUT2D eigenvalue weighted by atomic mass is 32.1. The van der Waals surface area contributed by atoms with E-state index in [1.165, 1.54) is 0 Å². The quantitative estimate of drug-likeness (QED) is 0.555. The van der Waals surface area contributed by atoms with Crippen LogP contribution in [-0.2, 0) is 9.59 Å². The Balaban J connectivity index is 1.72. The van der Waals surface area contributed by atoms with Gasteiger partial charge in [0.15, 0.2) is 0 Å². The van der Waals surface area contributed by atoms with Crippen molar-refractivity contribution in [2.45, 2.75) is 85.2 Å². The zero-order chi connectivity index (χ0) is 25.2. The second-order valence-corrected chi connectivity index (χ2v) is 11.5. The third-order valence-electron chi connectivity index (χ3n) is 6.25. The molecular formula is C26H38N4O3S. The number of nitrogens with one attached hydrogen (secondary N) is 2. The van der Waals surface area contributed by atoms with Crippen LogP contribution in [0.5, 0.6) is 0 Å². The van der Waals surface area contributed by atoms with E-state index in [0.717, 1.165) is 21.7 Å². The Kier molecular flexibility index (Phi) is 8.16. The van der Waals surface area contributed by atoms with Crippen molar-refractivity contribution in [2.75, 3.05) is 6.54 Å². The van der Waals surface area contributed by atoms with Gasteiger partial charge in [-0.05, 0) is 30.4 Å². The first-order chi connectivity index (χ1) is 15.9. The van der Waals surface area contributed by atoms with Crippen LogP contribution < -0.4 is 10.6 Å². The number of benzene rings is 1. The summed E-state index contributed by atoms with van der Waals surface area (Å²) >= 11 is 1.61. The Morgan fingerprint density at radius 3 is 2.35 bits per heavy atom. The Morgan fingerprint density at radius 2 is 1.82 bits per heavy atom. The molecule has 1 aliphatic heterocycles. The molecule has 2 amide bonds. The largest absolute Gasteiger partial charge is 0.391 e. The average Bonchev–Trinajstić information content (AvgIpc) is 3.36. The highest BCUT2D eigenvalue weighted by Crippen LogP contribution is 2.29. The molecule has 0 unspecified atom stereocenters. The lowest BCUT2D eigenvalue weighted by Gasteiger charge is -2.36. The molecule has 0 bridgehead atoms. The van der Waals surface area contributed by atoms with Crippen molar-refractivity contribution < 1.29 is 14.7 Å². The van der Waals surface area contributed by atoms with Gasteiger partial charge in [0.05, 0.1) is 34.3 Å². The van der Waals surface area contributed by atoms with Crippen molar-refractivity contribution in [2.24, 2.45) is 5.41 Å². The molecule has 1 saturated heterocycles. The van der Waals surface area contributed by atoms with E-state index in [2.05, 4.69) is 15.6 Å². The molecular weight excluding hydrogens is 448 g/mol. The van der Waals surface area contributed by atoms with E-state index in [1.54, 1.807) is 16.2 Å². The summed E-state index contributed by atoms with van der Waals surface area (Å²) in [4.78, 5) is 33.7. The number of thiazole rings is 1. The predicted molar refractivity (Wildman–Crippen MR) is 136 cm³/mol. The molecule has 2 aromatic rings. The summed E-state index contributed by atoms with van der Waals surface area (Å²) < 4.78 is 0. The lowest BCUT2D eigenvalue weighted by atomic mass is 9.85. The van der Waals surface area contributed by atoms with Crippen LogP contribution in [0.1, 0.15) is 65.3 Å². The number of carbonyl (C=O) groups excluding carboxylic acids is 2. The zero-order valence-corrected chi connectivity index (χ0v) is 22.1. The monoisotopic (exact) mass is 486 g/mol. The van der Waals surface area contributed by atoms with Gasteiger partial charge in [-0.1, -0.05) is 58.9 Å². The molecule has 34 heavy (non-hydrogen) atoms. The summed E-state index contributed by atoms with van der Waals surface area (Å²) in [6, 6.07) is 6.84. The molecule has 2 heterocycles. The Hall–Kier alpha value is -2.29. The Bertz CT molecular complexity index is 996. The minimum Gasteiger partial charge on any atom is -0.391 e. The van der Waals surface area contributed by atoms with Crippen LogP contribution >= 0.6 is 11.3 Å². The number of amides is 2. The van der Waals surface area contributed by atoms with Crippen molar-refractivity contribution in [3.63, 3.8) is 0 Å². The van der Waals surface area contributed by atoms with Gasteiger partial charge in [-0.3, -0.25) is 9.59 Å². The SMILES string of the molecule is Cc1ncsc1-c1ccc([C@@H](C)NC(=O)[C@@H]2C[C@@H](O)CN2C(=O)[C@@H](NC(C)C)C(C)(C)C)cc1. The maximum absolute atomic E-state index is 13.5. The number of aryl methyl sites for hydroxylation is 1. The van der Waals surface area contributed by atoms with Gasteiger partial charge in [0.25, 0.3) is 0 Å². The minimum atomic E-state index is -0.711. The first-order valence-electron chi connectivity index (χ1n) is 11.9. The van der Waals surface area contributed by atoms with Crippen molar-refractivity contribution >= 4 is 23.2 Å². The minimum absolute atomic E-state index is 0.115. The van der Waals surface area contributed by atoms with Crippen LogP contribution in [0.25, 0.3) is 10.4 Å². The standard InChI is InChI=1S/C26H38N4O3S/c1-15(2)28-23(26(5,6)7)25(33)30-13-20(31)12-21(30)24(32)29-16(3)18-8-10-19(11-9-18)22-17(4)27-14-34-22/h8-11,14-16,20-21,23,28,31H,12-13H2,1-7H3,(H,29,32)/t16-,20-,21+,23-/m1/s1. The molecule has 1 aromatic heterocycles. The van der Waals surface area contributed by atoms with Crippen LogP contribution in [0.3, 0.4) is 0 Å². The molecule has 186 valence electrons. The van der Waals surface area contributed by atoms with Crippen molar-refractivity contribution in [3.05, 3.63) is 41.0 Å². The summed E-state index contributed by atoms with van der Waals surface area (Å²) in [6.07, 6.45) is -0.469. The van der Waals surface area contributed by atoms with E-state index in [1.807, 2.05) is 78.2 Å². The molecule has 0 spiro atoms. The highest BCUT2D eigenvalue weighted by Gasteiger charge is 2.44. The van der Waals surface area contributed by atoms with Gasteiger partial charge in [-0.15, -0.1) is 11.3 Å². The van der Waals surface area contributed by atoms with Crippen molar-refractivity contribution in [1.82, 2.24) is 20.5 Å². The van der Waals surface area contributed by atoms with Crippen molar-refractivity contribution in [3.8, 4) is 10.4 Å². The molecule has 1 fully saturated rings. The molecule has 0 radical (unpaired) electrons. The molecule has 3 N–H and O–H groups in total. The van der Waals surface area contributed by atoms with E-state index < -0.39 is 18.2 Å². The number of hydrogen-bond acceptors (Lipinski definition) is 6. The third-order valence-corrected chi connectivity index (χ3v) is 7.23. The van der Waals surface area contributed by atoms with Gasteiger partial charge >= 0.3 is 0 Å². The highest BCUT2D eigenvalue weighted by molar-refractivity contribution is 7.13. The number of hydrogen-bond donors (Lipinski definition) is 3. The molecule has 0 aliphatic carbocycles. The van der Waals surface area contributed by atoms with Gasteiger partial charge in [-0.2, -0.15) is 0 Å². The molecule has 1 aromatic carbocycles. The van der Waals surface area contributed by atoms with E-state index in [0.29, 0.717) is 0 Å². The molecule has 7 nitrogen and oxygen atoms in total. The first-order valence-corrected chi connectivity index (χ1v) is 12.8. The lowest BCUT2D eigenvalue weighted by molar-refractivity contribution is -0.142. The second kappa shape index (κ2) is 10.5. The maximum atomic E-state index is 13.5. The second-order valence-electron chi connectivity index (χ2n) is 10.6. The normalized spacial score (nSPS) is 20.4. The fourth-order valence-electron chi connectivity index (χ4n) is 4.39. The Labute approximate surface area is 207 Å².